The van der Waals surface area contributed by atoms with Crippen molar-refractivity contribution in [3.05, 3.63) is 35.9 Å². The zero-order valence-corrected chi connectivity index (χ0v) is 7.49. The minimum absolute atomic E-state index is 0.0486. The summed E-state index contributed by atoms with van der Waals surface area (Å²) in [6.45, 7) is 0.841. The van der Waals surface area contributed by atoms with Crippen LogP contribution in [0, 0.1) is 5.92 Å². The van der Waals surface area contributed by atoms with E-state index in [4.69, 9.17) is 0 Å². The van der Waals surface area contributed by atoms with Gasteiger partial charge in [0, 0.05) is 12.1 Å². The Kier molecular flexibility index (Phi) is 2.30. The maximum absolute atomic E-state index is 11.5. The number of carbonyl (C=O) groups excluding carboxylic acids is 1. The summed E-state index contributed by atoms with van der Waals surface area (Å²) in [7, 11) is 0. The van der Waals surface area contributed by atoms with Gasteiger partial charge in [-0.25, -0.2) is 0 Å². The Balaban J connectivity index is 1.89. The number of carbonyl (C=O) groups is 1. The van der Waals surface area contributed by atoms with Gasteiger partial charge in [-0.05, 0) is 30.9 Å². The van der Waals surface area contributed by atoms with Gasteiger partial charge in [-0.15, -0.1) is 0 Å². The first-order chi connectivity index (χ1) is 6.36. The van der Waals surface area contributed by atoms with Crippen LogP contribution in [0.3, 0.4) is 0 Å². The Morgan fingerprint density at radius 2 is 2.00 bits per heavy atom. The second-order valence-electron chi connectivity index (χ2n) is 3.52. The van der Waals surface area contributed by atoms with Crippen molar-refractivity contribution >= 4 is 5.91 Å². The molecule has 1 aliphatic carbocycles. The Hall–Kier alpha value is -1.31. The van der Waals surface area contributed by atoms with Gasteiger partial charge in [0.15, 0.2) is 0 Å². The molecule has 2 rings (SSSR count). The Morgan fingerprint density at radius 1 is 1.31 bits per heavy atom. The fourth-order valence-electron chi connectivity index (χ4n) is 1.25. The lowest BCUT2D eigenvalue weighted by Gasteiger charge is -2.02. The van der Waals surface area contributed by atoms with Crippen molar-refractivity contribution < 1.29 is 4.79 Å². The van der Waals surface area contributed by atoms with Gasteiger partial charge in [0.1, 0.15) is 0 Å². The van der Waals surface area contributed by atoms with Crippen LogP contribution in [0.5, 0.6) is 0 Å². The fourth-order valence-corrected chi connectivity index (χ4v) is 1.25. The Morgan fingerprint density at radius 3 is 2.62 bits per heavy atom. The van der Waals surface area contributed by atoms with Crippen molar-refractivity contribution in [1.82, 2.24) is 5.32 Å². The molecule has 2 nitrogen and oxygen atoms in total. The van der Waals surface area contributed by atoms with Crippen LogP contribution in [0.15, 0.2) is 30.3 Å². The quantitative estimate of drug-likeness (QED) is 0.746. The molecular weight excluding hydrogens is 162 g/mol. The highest BCUT2D eigenvalue weighted by Crippen LogP contribution is 2.27. The summed E-state index contributed by atoms with van der Waals surface area (Å²) in [6.07, 6.45) is 2.55. The molecule has 0 heterocycles. The smallest absolute Gasteiger partial charge is 0.251 e. The van der Waals surface area contributed by atoms with Crippen LogP contribution in [0.2, 0.25) is 0 Å². The Labute approximate surface area is 78.0 Å². The molecule has 0 bridgehead atoms. The largest absolute Gasteiger partial charge is 0.352 e. The molecule has 0 saturated heterocycles. The zero-order valence-electron chi connectivity index (χ0n) is 7.49. The summed E-state index contributed by atoms with van der Waals surface area (Å²) in [5.74, 6) is 0.792. The minimum Gasteiger partial charge on any atom is -0.352 e. The summed E-state index contributed by atoms with van der Waals surface area (Å²) < 4.78 is 0. The third-order valence-corrected chi connectivity index (χ3v) is 2.28. The second kappa shape index (κ2) is 3.60. The van der Waals surface area contributed by atoms with E-state index in [1.165, 1.54) is 12.8 Å². The van der Waals surface area contributed by atoms with Gasteiger partial charge in [0.05, 0.1) is 0 Å². The number of benzene rings is 1. The van der Waals surface area contributed by atoms with E-state index in [1.54, 1.807) is 0 Å². The predicted octanol–water partition coefficient (Wildman–Crippen LogP) is 1.83. The summed E-state index contributed by atoms with van der Waals surface area (Å²) in [5, 5.41) is 2.92. The zero-order chi connectivity index (χ0) is 9.10. The van der Waals surface area contributed by atoms with Crippen molar-refractivity contribution in [2.75, 3.05) is 6.54 Å². The maximum atomic E-state index is 11.5. The monoisotopic (exact) mass is 175 g/mol. The third kappa shape index (κ3) is 2.31. The van der Waals surface area contributed by atoms with E-state index in [0.717, 1.165) is 18.0 Å². The van der Waals surface area contributed by atoms with Crippen molar-refractivity contribution in [3.63, 3.8) is 0 Å². The number of hydrogen-bond acceptors (Lipinski definition) is 1. The van der Waals surface area contributed by atoms with E-state index in [1.807, 2.05) is 30.3 Å². The molecule has 1 aliphatic rings. The normalized spacial score (nSPS) is 15.4. The molecule has 0 unspecified atom stereocenters. The van der Waals surface area contributed by atoms with Gasteiger partial charge in [0.25, 0.3) is 5.91 Å². The van der Waals surface area contributed by atoms with Crippen LogP contribution >= 0.6 is 0 Å². The topological polar surface area (TPSA) is 29.1 Å². The molecular formula is C11H13NO. The minimum atomic E-state index is 0.0486. The van der Waals surface area contributed by atoms with Gasteiger partial charge in [0.2, 0.25) is 0 Å². The van der Waals surface area contributed by atoms with Crippen LogP contribution in [0.25, 0.3) is 0 Å². The van der Waals surface area contributed by atoms with Crippen LogP contribution < -0.4 is 5.32 Å². The van der Waals surface area contributed by atoms with Crippen molar-refractivity contribution in [1.29, 1.82) is 0 Å². The molecule has 1 N–H and O–H groups in total. The third-order valence-electron chi connectivity index (χ3n) is 2.28. The van der Waals surface area contributed by atoms with Gasteiger partial charge in [-0.1, -0.05) is 18.2 Å². The standard InChI is InChI=1S/C11H13NO/c13-11(12-8-9-6-7-9)10-4-2-1-3-5-10/h1-5,9H,6-8H2,(H,12,13). The summed E-state index contributed by atoms with van der Waals surface area (Å²) in [5.41, 5.74) is 0.753. The molecule has 0 aromatic heterocycles. The lowest BCUT2D eigenvalue weighted by atomic mass is 10.2. The van der Waals surface area contributed by atoms with Gasteiger partial charge in [-0.2, -0.15) is 0 Å². The fraction of sp³-hybridized carbons (Fsp3) is 0.364. The van der Waals surface area contributed by atoms with Crippen molar-refractivity contribution in [2.45, 2.75) is 12.8 Å². The van der Waals surface area contributed by atoms with Gasteiger partial charge in [-0.3, -0.25) is 4.79 Å². The molecule has 0 spiro atoms. The van der Waals surface area contributed by atoms with E-state index in [2.05, 4.69) is 5.32 Å². The summed E-state index contributed by atoms with van der Waals surface area (Å²) in [6, 6.07) is 9.35. The average molecular weight is 175 g/mol. The molecule has 1 aromatic carbocycles. The molecule has 2 heteroatoms. The summed E-state index contributed by atoms with van der Waals surface area (Å²) in [4.78, 5) is 11.5. The van der Waals surface area contributed by atoms with Crippen molar-refractivity contribution in [2.24, 2.45) is 5.92 Å². The van der Waals surface area contributed by atoms with E-state index >= 15 is 0 Å². The van der Waals surface area contributed by atoms with Gasteiger partial charge >= 0.3 is 0 Å². The molecule has 13 heavy (non-hydrogen) atoms. The maximum Gasteiger partial charge on any atom is 0.251 e. The number of nitrogens with one attached hydrogen (secondary N) is 1. The van der Waals surface area contributed by atoms with E-state index in [0.29, 0.717) is 0 Å². The second-order valence-corrected chi connectivity index (χ2v) is 3.52. The van der Waals surface area contributed by atoms with Crippen molar-refractivity contribution in [3.8, 4) is 0 Å². The first-order valence-electron chi connectivity index (χ1n) is 4.69. The van der Waals surface area contributed by atoms with Crippen LogP contribution in [0.4, 0.5) is 0 Å². The molecule has 0 radical (unpaired) electrons. The van der Waals surface area contributed by atoms with Crippen LogP contribution in [0.1, 0.15) is 23.2 Å². The molecule has 1 amide bonds. The number of hydrogen-bond donors (Lipinski definition) is 1. The molecule has 1 aromatic rings. The highest BCUT2D eigenvalue weighted by Gasteiger charge is 2.21. The van der Waals surface area contributed by atoms with Gasteiger partial charge < -0.3 is 5.32 Å². The molecule has 1 saturated carbocycles. The molecule has 0 atom stereocenters. The van der Waals surface area contributed by atoms with Crippen LogP contribution in [-0.4, -0.2) is 12.5 Å². The van der Waals surface area contributed by atoms with Crippen LogP contribution in [-0.2, 0) is 0 Å². The van der Waals surface area contributed by atoms with E-state index in [9.17, 15) is 4.79 Å². The van der Waals surface area contributed by atoms with E-state index < -0.39 is 0 Å². The highest BCUT2D eigenvalue weighted by atomic mass is 16.1. The number of rotatable bonds is 3. The molecule has 68 valence electrons. The molecule has 1 fully saturated rings. The SMILES string of the molecule is O=C(NCC1CC1)c1ccccc1. The predicted molar refractivity (Wildman–Crippen MR) is 51.5 cm³/mol. The first-order valence-corrected chi connectivity index (χ1v) is 4.69. The lowest BCUT2D eigenvalue weighted by molar-refractivity contribution is 0.0952. The van der Waals surface area contributed by atoms with E-state index in [-0.39, 0.29) is 5.91 Å². The number of amides is 1. The highest BCUT2D eigenvalue weighted by molar-refractivity contribution is 5.94. The average Bonchev–Trinajstić information content (AvgIpc) is 2.99. The first kappa shape index (κ1) is 8.30. The molecule has 0 aliphatic heterocycles. The lowest BCUT2D eigenvalue weighted by Crippen LogP contribution is -2.25. The summed E-state index contributed by atoms with van der Waals surface area (Å²) >= 11 is 0. The Bertz CT molecular complexity index is 290.